The van der Waals surface area contributed by atoms with Gasteiger partial charge < -0.3 is 10.1 Å². The predicted octanol–water partition coefficient (Wildman–Crippen LogP) is 2.80. The third-order valence-electron chi connectivity index (χ3n) is 4.54. The second kappa shape index (κ2) is 7.47. The van der Waals surface area contributed by atoms with Crippen LogP contribution in [0.3, 0.4) is 0 Å². The van der Waals surface area contributed by atoms with Crippen molar-refractivity contribution in [2.75, 3.05) is 12.4 Å². The van der Waals surface area contributed by atoms with Crippen LogP contribution in [-0.4, -0.2) is 31.9 Å². The number of nitro benzene ring substituents is 1. The zero-order valence-electron chi connectivity index (χ0n) is 15.3. The van der Waals surface area contributed by atoms with Crippen LogP contribution >= 0.6 is 0 Å². The molecule has 29 heavy (non-hydrogen) atoms. The van der Waals surface area contributed by atoms with E-state index in [-0.39, 0.29) is 17.0 Å². The van der Waals surface area contributed by atoms with E-state index in [1.807, 2.05) is 0 Å². The van der Waals surface area contributed by atoms with Gasteiger partial charge in [-0.05, 0) is 30.3 Å². The van der Waals surface area contributed by atoms with Crippen LogP contribution < -0.4 is 10.1 Å². The van der Waals surface area contributed by atoms with Crippen LogP contribution in [0.15, 0.2) is 48.5 Å². The summed E-state index contributed by atoms with van der Waals surface area (Å²) < 4.78 is 18.7. The maximum absolute atomic E-state index is 12.8. The average Bonchev–Trinajstić information content (AvgIpc) is 3.25. The van der Waals surface area contributed by atoms with Crippen LogP contribution in [0.2, 0.25) is 0 Å². The average molecular weight is 412 g/mol. The summed E-state index contributed by atoms with van der Waals surface area (Å²) in [4.78, 5) is 23.2. The van der Waals surface area contributed by atoms with Crippen molar-refractivity contribution in [3.05, 3.63) is 75.5 Å². The summed E-state index contributed by atoms with van der Waals surface area (Å²) in [5.41, 5.74) is 2.04. The van der Waals surface area contributed by atoms with Crippen LogP contribution in [0.4, 0.5) is 11.5 Å². The van der Waals surface area contributed by atoms with Crippen LogP contribution in [0, 0.1) is 10.1 Å². The van der Waals surface area contributed by atoms with Crippen molar-refractivity contribution in [3.8, 4) is 11.4 Å². The van der Waals surface area contributed by atoms with Crippen LogP contribution in [0.1, 0.15) is 21.6 Å². The number of nitro groups is 1. The van der Waals surface area contributed by atoms with Crippen LogP contribution in [0.25, 0.3) is 5.69 Å². The Morgan fingerprint density at radius 2 is 2.00 bits per heavy atom. The number of nitrogens with zero attached hydrogens (tertiary/aromatic N) is 3. The fourth-order valence-electron chi connectivity index (χ4n) is 3.11. The lowest BCUT2D eigenvalue weighted by Gasteiger charge is -2.11. The maximum atomic E-state index is 12.8. The minimum atomic E-state index is -1.07. The third-order valence-corrected chi connectivity index (χ3v) is 5.74. The molecule has 0 saturated carbocycles. The molecule has 2 aromatic carbocycles. The molecule has 1 N–H and O–H groups in total. The third kappa shape index (κ3) is 3.61. The predicted molar refractivity (Wildman–Crippen MR) is 107 cm³/mol. The van der Waals surface area contributed by atoms with Gasteiger partial charge in [0.2, 0.25) is 0 Å². The Labute approximate surface area is 167 Å². The van der Waals surface area contributed by atoms with Gasteiger partial charge >= 0.3 is 0 Å². The van der Waals surface area contributed by atoms with Crippen molar-refractivity contribution in [3.63, 3.8) is 0 Å². The highest BCUT2D eigenvalue weighted by molar-refractivity contribution is 7.83. The van der Waals surface area contributed by atoms with Gasteiger partial charge in [0.1, 0.15) is 11.6 Å². The number of carbonyl (C=O) groups is 1. The number of benzene rings is 2. The molecule has 0 saturated heterocycles. The zero-order valence-corrected chi connectivity index (χ0v) is 16.1. The van der Waals surface area contributed by atoms with Gasteiger partial charge in [-0.3, -0.25) is 19.1 Å². The van der Waals surface area contributed by atoms with E-state index < -0.39 is 21.6 Å². The number of hydrogen-bond donors (Lipinski definition) is 1. The lowest BCUT2D eigenvalue weighted by Crippen LogP contribution is -2.16. The number of hydrogen-bond acceptors (Lipinski definition) is 6. The number of anilines is 1. The van der Waals surface area contributed by atoms with E-state index in [0.717, 1.165) is 0 Å². The molecule has 0 unspecified atom stereocenters. The minimum Gasteiger partial charge on any atom is -0.497 e. The number of ether oxygens (including phenoxy) is 1. The highest BCUT2D eigenvalue weighted by atomic mass is 32.2. The number of amides is 1. The number of nitrogens with one attached hydrogen (secondary N) is 1. The lowest BCUT2D eigenvalue weighted by molar-refractivity contribution is -0.384. The van der Waals surface area contributed by atoms with Gasteiger partial charge in [0.05, 0.1) is 34.9 Å². The summed E-state index contributed by atoms with van der Waals surface area (Å²) in [6.07, 6.45) is 0. The number of carbonyl (C=O) groups excluding carboxylic acids is 1. The van der Waals surface area contributed by atoms with Crippen molar-refractivity contribution in [1.82, 2.24) is 9.78 Å². The van der Waals surface area contributed by atoms with E-state index in [1.165, 1.54) is 24.3 Å². The Hall–Kier alpha value is -3.53. The Kier molecular flexibility index (Phi) is 4.85. The molecule has 0 aliphatic carbocycles. The Bertz CT molecular complexity index is 1140. The van der Waals surface area contributed by atoms with Gasteiger partial charge in [0.25, 0.3) is 11.6 Å². The van der Waals surface area contributed by atoms with E-state index in [1.54, 1.807) is 36.1 Å². The molecule has 3 aromatic rings. The van der Waals surface area contributed by atoms with Gasteiger partial charge in [0.15, 0.2) is 0 Å². The molecule has 1 atom stereocenters. The van der Waals surface area contributed by atoms with E-state index in [4.69, 9.17) is 4.74 Å². The van der Waals surface area contributed by atoms with Gasteiger partial charge in [-0.25, -0.2) is 4.68 Å². The highest BCUT2D eigenvalue weighted by Crippen LogP contribution is 2.32. The topological polar surface area (TPSA) is 116 Å². The van der Waals surface area contributed by atoms with Crippen molar-refractivity contribution in [1.29, 1.82) is 0 Å². The molecule has 0 spiro atoms. The summed E-state index contributed by atoms with van der Waals surface area (Å²) in [6.45, 7) is 0. The number of rotatable bonds is 5. The van der Waals surface area contributed by atoms with Crippen molar-refractivity contribution in [2.24, 2.45) is 0 Å². The second-order valence-corrected chi connectivity index (χ2v) is 7.83. The molecule has 10 heteroatoms. The second-order valence-electron chi connectivity index (χ2n) is 6.37. The molecular weight excluding hydrogens is 396 g/mol. The van der Waals surface area contributed by atoms with Crippen LogP contribution in [-0.2, 0) is 22.3 Å². The molecule has 0 radical (unpaired) electrons. The molecule has 0 bridgehead atoms. The molecule has 1 aliphatic heterocycles. The fourth-order valence-corrected chi connectivity index (χ4v) is 4.37. The molecule has 9 nitrogen and oxygen atoms in total. The molecule has 1 amide bonds. The van der Waals surface area contributed by atoms with Gasteiger partial charge in [-0.1, -0.05) is 6.07 Å². The molecule has 1 aromatic heterocycles. The zero-order chi connectivity index (χ0) is 20.5. The molecule has 148 valence electrons. The summed E-state index contributed by atoms with van der Waals surface area (Å²) in [6, 6.07) is 12.6. The Morgan fingerprint density at radius 3 is 2.69 bits per heavy atom. The number of aromatic nitrogens is 2. The first kappa shape index (κ1) is 18.8. The standard InChI is InChI=1S/C19H16N4O5S/c1-28-15-7-5-13(6-8-15)22-18(16-10-29(27)11-17(16)21-22)20-19(24)12-3-2-4-14(9-12)23(25)26/h2-9H,10-11H2,1H3,(H,20,24)/t29-/m1/s1. The Balaban J connectivity index is 1.72. The summed E-state index contributed by atoms with van der Waals surface area (Å²) in [5.74, 6) is 1.18. The molecular formula is C19H16N4O5S. The summed E-state index contributed by atoms with van der Waals surface area (Å²) in [5, 5.41) is 18.3. The first-order valence-electron chi connectivity index (χ1n) is 8.62. The monoisotopic (exact) mass is 412 g/mol. The minimum absolute atomic E-state index is 0.148. The first-order valence-corrected chi connectivity index (χ1v) is 10.1. The maximum Gasteiger partial charge on any atom is 0.270 e. The normalized spacial score (nSPS) is 15.0. The molecule has 0 fully saturated rings. The Morgan fingerprint density at radius 1 is 1.24 bits per heavy atom. The molecule has 4 rings (SSSR count). The number of fused-ring (bicyclic) bond motifs is 1. The smallest absolute Gasteiger partial charge is 0.270 e. The van der Waals surface area contributed by atoms with Crippen molar-refractivity contribution >= 4 is 28.2 Å². The van der Waals surface area contributed by atoms with Crippen LogP contribution in [0.5, 0.6) is 5.75 Å². The molecule has 2 heterocycles. The molecule has 1 aliphatic rings. The fraction of sp³-hybridized carbons (Fsp3) is 0.158. The first-order chi connectivity index (χ1) is 14.0. The SMILES string of the molecule is COc1ccc(-n2nc3c(c2NC(=O)c2cccc([N+](=O)[O-])c2)C[S@@](=O)C3)cc1. The van der Waals surface area contributed by atoms with E-state index in [2.05, 4.69) is 10.4 Å². The number of methoxy groups -OCH3 is 1. The summed E-state index contributed by atoms with van der Waals surface area (Å²) >= 11 is 0. The number of non-ortho nitro benzene ring substituents is 1. The largest absolute Gasteiger partial charge is 0.497 e. The van der Waals surface area contributed by atoms with Gasteiger partial charge in [-0.2, -0.15) is 5.10 Å². The summed E-state index contributed by atoms with van der Waals surface area (Å²) in [7, 11) is 0.493. The quantitative estimate of drug-likeness (QED) is 0.509. The van der Waals surface area contributed by atoms with E-state index in [0.29, 0.717) is 34.3 Å². The lowest BCUT2D eigenvalue weighted by atomic mass is 10.2. The highest BCUT2D eigenvalue weighted by Gasteiger charge is 2.28. The van der Waals surface area contributed by atoms with E-state index in [9.17, 15) is 19.1 Å². The van der Waals surface area contributed by atoms with E-state index >= 15 is 0 Å². The van der Waals surface area contributed by atoms with Crippen molar-refractivity contribution < 1.29 is 18.7 Å². The van der Waals surface area contributed by atoms with Gasteiger partial charge in [-0.15, -0.1) is 0 Å². The van der Waals surface area contributed by atoms with Crippen molar-refractivity contribution in [2.45, 2.75) is 11.5 Å². The van der Waals surface area contributed by atoms with Gasteiger partial charge in [0, 0.05) is 34.1 Å².